The first-order valence-corrected chi connectivity index (χ1v) is 10.6. The number of aromatic nitrogens is 2. The second-order valence-electron chi connectivity index (χ2n) is 6.86. The molecule has 0 saturated heterocycles. The Bertz CT molecular complexity index is 1280. The average Bonchev–Trinajstić information content (AvgIpc) is 3.33. The maximum Gasteiger partial charge on any atom is 0.265 e. The van der Waals surface area contributed by atoms with Crippen molar-refractivity contribution in [1.82, 2.24) is 14.9 Å². The number of H-pyrrole nitrogens is 1. The van der Waals surface area contributed by atoms with Gasteiger partial charge in [-0.3, -0.25) is 14.4 Å². The second kappa shape index (κ2) is 8.93. The first-order chi connectivity index (χ1) is 15.0. The third kappa shape index (κ3) is 4.54. The molecule has 2 heterocycles. The highest BCUT2D eigenvalue weighted by Gasteiger charge is 2.17. The molecule has 2 N–H and O–H groups in total. The third-order valence-electron chi connectivity index (χ3n) is 4.81. The van der Waals surface area contributed by atoms with Crippen LogP contribution < -0.4 is 10.9 Å². The van der Waals surface area contributed by atoms with Gasteiger partial charge in [-0.1, -0.05) is 18.2 Å². The van der Waals surface area contributed by atoms with Crippen molar-refractivity contribution in [3.63, 3.8) is 0 Å². The number of aromatic amines is 1. The fraction of sp³-hybridized carbons (Fsp3) is 0.130. The van der Waals surface area contributed by atoms with E-state index in [1.807, 2.05) is 24.4 Å². The van der Waals surface area contributed by atoms with Gasteiger partial charge in [0.2, 0.25) is 0 Å². The first-order valence-electron chi connectivity index (χ1n) is 9.77. The Morgan fingerprint density at radius 1 is 1.06 bits per heavy atom. The number of rotatable bonds is 6. The summed E-state index contributed by atoms with van der Waals surface area (Å²) in [6.07, 6.45) is 0. The number of carbonyl (C=O) groups excluding carboxylic acids is 2. The van der Waals surface area contributed by atoms with Crippen LogP contribution >= 0.6 is 11.3 Å². The van der Waals surface area contributed by atoms with E-state index in [4.69, 9.17) is 0 Å². The summed E-state index contributed by atoms with van der Waals surface area (Å²) in [5, 5.41) is 5.17. The van der Waals surface area contributed by atoms with Gasteiger partial charge in [0.15, 0.2) is 0 Å². The number of carbonyl (C=O) groups is 2. The van der Waals surface area contributed by atoms with Crippen LogP contribution in [0.1, 0.15) is 32.8 Å². The summed E-state index contributed by atoms with van der Waals surface area (Å²) in [6.45, 7) is 2.51. The van der Waals surface area contributed by atoms with E-state index >= 15 is 0 Å². The molecule has 0 unspecified atom stereocenters. The van der Waals surface area contributed by atoms with Gasteiger partial charge >= 0.3 is 0 Å². The highest BCUT2D eigenvalue weighted by atomic mass is 32.1. The Balaban J connectivity index is 1.48. The number of anilines is 1. The molecule has 31 heavy (non-hydrogen) atoms. The number of hydrogen-bond donors (Lipinski definition) is 2. The van der Waals surface area contributed by atoms with E-state index in [0.29, 0.717) is 39.4 Å². The molecule has 2 aromatic heterocycles. The maximum atomic E-state index is 13.0. The summed E-state index contributed by atoms with van der Waals surface area (Å²) in [6, 6.07) is 17.4. The molecule has 7 nitrogen and oxygen atoms in total. The van der Waals surface area contributed by atoms with E-state index in [1.54, 1.807) is 53.4 Å². The zero-order valence-corrected chi connectivity index (χ0v) is 17.6. The lowest BCUT2D eigenvalue weighted by atomic mass is 10.1. The summed E-state index contributed by atoms with van der Waals surface area (Å²) >= 11 is 1.36. The Labute approximate surface area is 182 Å². The fourth-order valence-electron chi connectivity index (χ4n) is 3.20. The average molecular weight is 433 g/mol. The Morgan fingerprint density at radius 2 is 1.84 bits per heavy atom. The van der Waals surface area contributed by atoms with Crippen molar-refractivity contribution < 1.29 is 9.59 Å². The highest BCUT2D eigenvalue weighted by molar-refractivity contribution is 7.12. The minimum atomic E-state index is -0.227. The molecule has 0 bridgehead atoms. The number of nitrogens with one attached hydrogen (secondary N) is 2. The zero-order valence-electron chi connectivity index (χ0n) is 16.8. The van der Waals surface area contributed by atoms with Crippen molar-refractivity contribution in [2.24, 2.45) is 0 Å². The molecule has 156 valence electrons. The molecule has 2 amide bonds. The highest BCUT2D eigenvalue weighted by Crippen LogP contribution is 2.16. The van der Waals surface area contributed by atoms with Crippen molar-refractivity contribution in [3.05, 3.63) is 92.7 Å². The minimum Gasteiger partial charge on any atom is -0.331 e. The van der Waals surface area contributed by atoms with Crippen LogP contribution in [0.2, 0.25) is 0 Å². The Morgan fingerprint density at radius 3 is 2.55 bits per heavy atom. The Kier molecular flexibility index (Phi) is 5.90. The summed E-state index contributed by atoms with van der Waals surface area (Å²) in [5.41, 5.74) is 1.46. The van der Waals surface area contributed by atoms with Crippen LogP contribution in [0.15, 0.2) is 70.8 Å². The molecule has 0 fully saturated rings. The van der Waals surface area contributed by atoms with Crippen LogP contribution in [0, 0.1) is 0 Å². The molecular formula is C23H20N4O3S. The van der Waals surface area contributed by atoms with E-state index in [9.17, 15) is 14.4 Å². The van der Waals surface area contributed by atoms with Gasteiger partial charge in [0.25, 0.3) is 17.4 Å². The van der Waals surface area contributed by atoms with E-state index in [-0.39, 0.29) is 23.9 Å². The van der Waals surface area contributed by atoms with Gasteiger partial charge < -0.3 is 15.2 Å². The molecule has 0 saturated carbocycles. The zero-order chi connectivity index (χ0) is 21.8. The lowest BCUT2D eigenvalue weighted by Gasteiger charge is -2.20. The molecule has 0 aliphatic rings. The van der Waals surface area contributed by atoms with Crippen molar-refractivity contribution >= 4 is 39.7 Å². The molecule has 0 radical (unpaired) electrons. The molecule has 8 heteroatoms. The van der Waals surface area contributed by atoms with Gasteiger partial charge in [0.05, 0.1) is 22.3 Å². The number of amides is 2. The standard InChI is InChI=1S/C23H20N4O3S/c1-2-27(14-20-25-18-7-4-3-6-17(18)21(28)26-20)23(30)15-9-11-16(12-10-15)24-22(29)19-8-5-13-31-19/h3-13H,2,14H2,1H3,(H,24,29)(H,25,26,28). The van der Waals surface area contributed by atoms with Gasteiger partial charge in [-0.2, -0.15) is 0 Å². The quantitative estimate of drug-likeness (QED) is 0.483. The number of nitrogens with zero attached hydrogens (tertiary/aromatic N) is 2. The predicted molar refractivity (Wildman–Crippen MR) is 121 cm³/mol. The first kappa shape index (κ1) is 20.5. The van der Waals surface area contributed by atoms with E-state index < -0.39 is 0 Å². The summed E-state index contributed by atoms with van der Waals surface area (Å²) in [4.78, 5) is 46.9. The molecule has 2 aromatic carbocycles. The van der Waals surface area contributed by atoms with Gasteiger partial charge in [-0.15, -0.1) is 11.3 Å². The second-order valence-corrected chi connectivity index (χ2v) is 7.81. The predicted octanol–water partition coefficient (Wildman–Crippen LogP) is 3.90. The number of fused-ring (bicyclic) bond motifs is 1. The van der Waals surface area contributed by atoms with Crippen molar-refractivity contribution in [3.8, 4) is 0 Å². The lowest BCUT2D eigenvalue weighted by Crippen LogP contribution is -2.32. The monoisotopic (exact) mass is 432 g/mol. The molecule has 4 aromatic rings. The van der Waals surface area contributed by atoms with Crippen molar-refractivity contribution in [1.29, 1.82) is 0 Å². The van der Waals surface area contributed by atoms with Crippen LogP contribution in [0.4, 0.5) is 5.69 Å². The third-order valence-corrected chi connectivity index (χ3v) is 5.67. The lowest BCUT2D eigenvalue weighted by molar-refractivity contribution is 0.0748. The smallest absolute Gasteiger partial charge is 0.265 e. The number of para-hydroxylation sites is 1. The largest absolute Gasteiger partial charge is 0.331 e. The molecule has 4 rings (SSSR count). The number of benzene rings is 2. The molecule has 0 aliphatic heterocycles. The van der Waals surface area contributed by atoms with Gasteiger partial charge in [0.1, 0.15) is 5.82 Å². The van der Waals surface area contributed by atoms with Gasteiger partial charge in [0, 0.05) is 17.8 Å². The van der Waals surface area contributed by atoms with Crippen LogP contribution in [0.25, 0.3) is 10.9 Å². The topological polar surface area (TPSA) is 95.2 Å². The van der Waals surface area contributed by atoms with E-state index in [1.165, 1.54) is 11.3 Å². The molecule has 0 spiro atoms. The van der Waals surface area contributed by atoms with Crippen LogP contribution in [0.5, 0.6) is 0 Å². The van der Waals surface area contributed by atoms with Gasteiger partial charge in [-0.05, 0) is 54.8 Å². The summed E-state index contributed by atoms with van der Waals surface area (Å²) in [7, 11) is 0. The fourth-order valence-corrected chi connectivity index (χ4v) is 3.82. The van der Waals surface area contributed by atoms with E-state index in [2.05, 4.69) is 15.3 Å². The summed E-state index contributed by atoms with van der Waals surface area (Å²) in [5.74, 6) is 0.0590. The van der Waals surface area contributed by atoms with Crippen LogP contribution in [-0.4, -0.2) is 33.2 Å². The normalized spacial score (nSPS) is 10.7. The molecular weight excluding hydrogens is 412 g/mol. The molecule has 0 aliphatic carbocycles. The number of thiophene rings is 1. The van der Waals surface area contributed by atoms with Crippen LogP contribution in [-0.2, 0) is 6.54 Å². The molecule has 0 atom stereocenters. The summed E-state index contributed by atoms with van der Waals surface area (Å²) < 4.78 is 0. The SMILES string of the molecule is CCN(Cc1nc2ccccc2c(=O)[nH]1)C(=O)c1ccc(NC(=O)c2cccs2)cc1. The maximum absolute atomic E-state index is 13.0. The number of hydrogen-bond acceptors (Lipinski definition) is 5. The van der Waals surface area contributed by atoms with Gasteiger partial charge in [-0.25, -0.2) is 4.98 Å². The Hall–Kier alpha value is -3.78. The van der Waals surface area contributed by atoms with Crippen molar-refractivity contribution in [2.45, 2.75) is 13.5 Å². The van der Waals surface area contributed by atoms with E-state index in [0.717, 1.165) is 0 Å². The van der Waals surface area contributed by atoms with Crippen LogP contribution in [0.3, 0.4) is 0 Å². The van der Waals surface area contributed by atoms with Crippen molar-refractivity contribution in [2.75, 3.05) is 11.9 Å². The minimum absolute atomic E-state index is 0.185.